The largest absolute Gasteiger partial charge is 0.383 e. The number of aryl methyl sites for hydroxylation is 1. The fourth-order valence-electron chi connectivity index (χ4n) is 5.42. The lowest BCUT2D eigenvalue weighted by Crippen LogP contribution is -2.38. The summed E-state index contributed by atoms with van der Waals surface area (Å²) in [6, 6.07) is 0. The Kier molecular flexibility index (Phi) is 6.41. The molecule has 1 aromatic rings. The van der Waals surface area contributed by atoms with Gasteiger partial charge in [0.1, 0.15) is 5.82 Å². The average molecular weight is 418 g/mol. The molecule has 1 N–H and O–H groups in total. The molecule has 8 nitrogen and oxygen atoms in total. The van der Waals surface area contributed by atoms with Crippen LogP contribution in [0.3, 0.4) is 0 Å². The first-order chi connectivity index (χ1) is 14.5. The van der Waals surface area contributed by atoms with Gasteiger partial charge < -0.3 is 19.5 Å². The van der Waals surface area contributed by atoms with E-state index in [1.54, 1.807) is 7.11 Å². The molecule has 166 valence electrons. The smallest absolute Gasteiger partial charge is 0.289 e. The molecule has 30 heavy (non-hydrogen) atoms. The zero-order chi connectivity index (χ0) is 21.1. The van der Waals surface area contributed by atoms with Crippen LogP contribution in [0.2, 0.25) is 0 Å². The number of nitrogens with one attached hydrogen (secondary N) is 1. The van der Waals surface area contributed by atoms with Crippen molar-refractivity contribution in [1.29, 1.82) is 0 Å². The topological polar surface area (TPSA) is 89.3 Å². The summed E-state index contributed by atoms with van der Waals surface area (Å²) in [4.78, 5) is 27.7. The summed E-state index contributed by atoms with van der Waals surface area (Å²) in [5.41, 5.74) is 0.141. The lowest BCUT2D eigenvalue weighted by molar-refractivity contribution is -0.136. The third-order valence-electron chi connectivity index (χ3n) is 7.48. The molecule has 1 spiro atoms. The first kappa shape index (κ1) is 21.3. The number of rotatable bonds is 5. The second-order valence-electron chi connectivity index (χ2n) is 9.56. The number of carbonyl (C=O) groups is 2. The number of amides is 2. The van der Waals surface area contributed by atoms with E-state index in [1.807, 2.05) is 4.57 Å². The van der Waals surface area contributed by atoms with Crippen molar-refractivity contribution >= 4 is 11.8 Å². The van der Waals surface area contributed by atoms with Gasteiger partial charge in [-0.1, -0.05) is 6.92 Å². The molecule has 1 unspecified atom stereocenters. The molecule has 1 saturated heterocycles. The number of carbonyl (C=O) groups excluding carboxylic acids is 2. The van der Waals surface area contributed by atoms with Gasteiger partial charge in [-0.3, -0.25) is 9.59 Å². The molecule has 2 fully saturated rings. The van der Waals surface area contributed by atoms with Crippen LogP contribution in [-0.2, 0) is 22.5 Å². The minimum atomic E-state index is -0.198. The highest BCUT2D eigenvalue weighted by Crippen LogP contribution is 2.42. The summed E-state index contributed by atoms with van der Waals surface area (Å²) in [6.07, 6.45) is 8.27. The lowest BCUT2D eigenvalue weighted by Gasteiger charge is -2.31. The Morgan fingerprint density at radius 3 is 2.67 bits per heavy atom. The zero-order valence-corrected chi connectivity index (χ0v) is 18.4. The molecule has 8 heteroatoms. The van der Waals surface area contributed by atoms with Gasteiger partial charge in [0.2, 0.25) is 11.7 Å². The van der Waals surface area contributed by atoms with E-state index < -0.39 is 0 Å². The summed E-state index contributed by atoms with van der Waals surface area (Å²) >= 11 is 0. The number of hydrogen-bond donors (Lipinski definition) is 1. The van der Waals surface area contributed by atoms with Gasteiger partial charge >= 0.3 is 0 Å². The fourth-order valence-corrected chi connectivity index (χ4v) is 5.42. The lowest BCUT2D eigenvalue weighted by atomic mass is 9.79. The molecule has 0 bridgehead atoms. The van der Waals surface area contributed by atoms with Crippen molar-refractivity contribution in [2.24, 2.45) is 17.3 Å². The number of ether oxygens (including phenoxy) is 1. The molecule has 4 rings (SSSR count). The maximum atomic E-state index is 13.1. The van der Waals surface area contributed by atoms with Crippen molar-refractivity contribution in [3.63, 3.8) is 0 Å². The summed E-state index contributed by atoms with van der Waals surface area (Å²) < 4.78 is 6.97. The van der Waals surface area contributed by atoms with Gasteiger partial charge in [-0.05, 0) is 56.3 Å². The number of fused-ring (bicyclic) bond motifs is 1. The number of aromatic nitrogens is 3. The maximum Gasteiger partial charge on any atom is 0.289 e. The van der Waals surface area contributed by atoms with Gasteiger partial charge in [0, 0.05) is 45.6 Å². The van der Waals surface area contributed by atoms with Crippen LogP contribution in [0.5, 0.6) is 0 Å². The van der Waals surface area contributed by atoms with E-state index in [9.17, 15) is 9.59 Å². The molecule has 1 aromatic heterocycles. The Bertz CT molecular complexity index is 771. The van der Waals surface area contributed by atoms with Crippen molar-refractivity contribution in [2.45, 2.75) is 64.8 Å². The van der Waals surface area contributed by atoms with Crippen molar-refractivity contribution < 1.29 is 14.3 Å². The summed E-state index contributed by atoms with van der Waals surface area (Å²) in [7, 11) is 1.61. The number of nitrogens with zero attached hydrogens (tertiary/aromatic N) is 4. The highest BCUT2D eigenvalue weighted by molar-refractivity contribution is 5.90. The monoisotopic (exact) mass is 417 g/mol. The molecule has 0 aromatic carbocycles. The Labute approximate surface area is 178 Å². The second-order valence-corrected chi connectivity index (χ2v) is 9.56. The van der Waals surface area contributed by atoms with Crippen LogP contribution in [0.25, 0.3) is 0 Å². The summed E-state index contributed by atoms with van der Waals surface area (Å²) in [6.45, 7) is 5.68. The maximum absolute atomic E-state index is 13.1. The van der Waals surface area contributed by atoms with Crippen molar-refractivity contribution in [3.05, 3.63) is 11.6 Å². The molecule has 3 aliphatic rings. The third-order valence-corrected chi connectivity index (χ3v) is 7.48. The standard InChI is InChI=1S/C22H35N5O3/c1-16-3-5-17(6-4-16)21(29)26-12-9-22(15-26)8-7-18-24-25-19(27(18)13-10-22)20(28)23-11-14-30-2/h16-17H,3-15H2,1-2H3,(H,23,28). The second kappa shape index (κ2) is 9.04. The predicted molar refractivity (Wildman–Crippen MR) is 112 cm³/mol. The van der Waals surface area contributed by atoms with Gasteiger partial charge in [0.15, 0.2) is 0 Å². The zero-order valence-electron chi connectivity index (χ0n) is 18.4. The average Bonchev–Trinajstić information content (AvgIpc) is 3.31. The molecular weight excluding hydrogens is 382 g/mol. The van der Waals surface area contributed by atoms with Crippen molar-refractivity contribution in [1.82, 2.24) is 25.0 Å². The molecule has 1 aliphatic carbocycles. The molecule has 1 atom stereocenters. The van der Waals surface area contributed by atoms with Crippen molar-refractivity contribution in [2.75, 3.05) is 33.4 Å². The van der Waals surface area contributed by atoms with E-state index in [0.717, 1.165) is 69.9 Å². The first-order valence-electron chi connectivity index (χ1n) is 11.5. The van der Waals surface area contributed by atoms with E-state index in [2.05, 4.69) is 27.3 Å². The molecular formula is C22H35N5O3. The number of methoxy groups -OCH3 is 1. The highest BCUT2D eigenvalue weighted by Gasteiger charge is 2.43. The van der Waals surface area contributed by atoms with Crippen molar-refractivity contribution in [3.8, 4) is 0 Å². The fraction of sp³-hybridized carbons (Fsp3) is 0.818. The number of likely N-dealkylation sites (tertiary alicyclic amines) is 1. The van der Waals surface area contributed by atoms with Crippen LogP contribution in [0, 0.1) is 17.3 Å². The Balaban J connectivity index is 1.37. The minimum Gasteiger partial charge on any atom is -0.383 e. The molecule has 0 radical (unpaired) electrons. The normalized spacial score (nSPS) is 28.9. The van der Waals surface area contributed by atoms with Gasteiger partial charge in [-0.25, -0.2) is 0 Å². The Morgan fingerprint density at radius 2 is 1.90 bits per heavy atom. The van der Waals surface area contributed by atoms with Crippen LogP contribution < -0.4 is 5.32 Å². The first-order valence-corrected chi connectivity index (χ1v) is 11.5. The molecule has 2 amide bonds. The van der Waals surface area contributed by atoms with Gasteiger partial charge in [0.05, 0.1) is 6.61 Å². The molecule has 3 heterocycles. The summed E-state index contributed by atoms with van der Waals surface area (Å²) in [5, 5.41) is 11.3. The predicted octanol–water partition coefficient (Wildman–Crippen LogP) is 2.04. The van der Waals surface area contributed by atoms with Gasteiger partial charge in [-0.2, -0.15) is 0 Å². The van der Waals surface area contributed by atoms with Crippen LogP contribution in [0.4, 0.5) is 0 Å². The highest BCUT2D eigenvalue weighted by atomic mass is 16.5. The molecule has 1 saturated carbocycles. The minimum absolute atomic E-state index is 0.141. The van der Waals surface area contributed by atoms with E-state index in [4.69, 9.17) is 4.74 Å². The van der Waals surface area contributed by atoms with Crippen LogP contribution in [-0.4, -0.2) is 64.8 Å². The quantitative estimate of drug-likeness (QED) is 0.741. The van der Waals surface area contributed by atoms with E-state index in [-0.39, 0.29) is 17.2 Å². The van der Waals surface area contributed by atoms with E-state index >= 15 is 0 Å². The Hall–Kier alpha value is -1.96. The van der Waals surface area contributed by atoms with E-state index in [1.165, 1.54) is 12.8 Å². The van der Waals surface area contributed by atoms with Crippen LogP contribution >= 0.6 is 0 Å². The van der Waals surface area contributed by atoms with Crippen LogP contribution in [0.15, 0.2) is 0 Å². The van der Waals surface area contributed by atoms with Gasteiger partial charge in [-0.15, -0.1) is 10.2 Å². The number of hydrogen-bond acceptors (Lipinski definition) is 5. The van der Waals surface area contributed by atoms with Crippen LogP contribution in [0.1, 0.15) is 68.3 Å². The third kappa shape index (κ3) is 4.38. The SMILES string of the molecule is COCCNC(=O)c1nnc2n1CCC1(CC2)CCN(C(=O)C2CCC(C)CC2)C1. The summed E-state index contributed by atoms with van der Waals surface area (Å²) in [5.74, 6) is 2.44. The Morgan fingerprint density at radius 1 is 1.13 bits per heavy atom. The van der Waals surface area contributed by atoms with Gasteiger partial charge in [0.25, 0.3) is 5.91 Å². The van der Waals surface area contributed by atoms with E-state index in [0.29, 0.717) is 24.9 Å². The molecule has 2 aliphatic heterocycles.